The molecule has 2 atom stereocenters. The zero-order chi connectivity index (χ0) is 10.5. The maximum atomic E-state index is 10.3. The quantitative estimate of drug-likeness (QED) is 0.703. The molecule has 0 aliphatic carbocycles. The lowest BCUT2D eigenvalue weighted by atomic mass is 9.77. The van der Waals surface area contributed by atoms with Gasteiger partial charge in [0.15, 0.2) is 5.79 Å². The number of aliphatic hydroxyl groups is 1. The first-order valence-corrected chi connectivity index (χ1v) is 5.62. The Hall–Kier alpha value is -0.860. The van der Waals surface area contributed by atoms with Gasteiger partial charge in [0.2, 0.25) is 0 Å². The number of hydrogen-bond donors (Lipinski definition) is 1. The van der Waals surface area contributed by atoms with Crippen LogP contribution in [0.25, 0.3) is 0 Å². The van der Waals surface area contributed by atoms with Gasteiger partial charge in [-0.25, -0.2) is 0 Å². The van der Waals surface area contributed by atoms with Crippen molar-refractivity contribution in [2.75, 3.05) is 0 Å². The van der Waals surface area contributed by atoms with Gasteiger partial charge in [0, 0.05) is 12.8 Å². The fourth-order valence-electron chi connectivity index (χ4n) is 3.03. The Kier molecular flexibility index (Phi) is 1.77. The molecule has 0 saturated carbocycles. The molecule has 15 heavy (non-hydrogen) atoms. The number of ether oxygens (including phenoxy) is 1. The van der Waals surface area contributed by atoms with Crippen molar-refractivity contribution in [3.8, 4) is 0 Å². The zero-order valence-electron chi connectivity index (χ0n) is 8.99. The Morgan fingerprint density at radius 3 is 2.93 bits per heavy atom. The third-order valence-corrected chi connectivity index (χ3v) is 3.69. The second-order valence-electron chi connectivity index (χ2n) is 4.97. The Morgan fingerprint density at radius 2 is 2.07 bits per heavy atom. The third-order valence-electron chi connectivity index (χ3n) is 3.69. The second kappa shape index (κ2) is 2.83. The summed E-state index contributed by atoms with van der Waals surface area (Å²) in [5, 5.41) is 10.3. The molecule has 1 aromatic carbocycles. The number of fused-ring (bicyclic) bond motifs is 4. The van der Waals surface area contributed by atoms with Gasteiger partial charge in [-0.1, -0.05) is 24.3 Å². The predicted octanol–water partition coefficient (Wildman–Crippen LogP) is 2.35. The van der Waals surface area contributed by atoms with Crippen LogP contribution in [0.2, 0.25) is 0 Å². The summed E-state index contributed by atoms with van der Waals surface area (Å²) < 4.78 is 5.88. The first-order valence-electron chi connectivity index (χ1n) is 5.62. The van der Waals surface area contributed by atoms with Crippen molar-refractivity contribution in [3.63, 3.8) is 0 Å². The van der Waals surface area contributed by atoms with Gasteiger partial charge in [-0.3, -0.25) is 0 Å². The summed E-state index contributed by atoms with van der Waals surface area (Å²) in [5.41, 5.74) is 2.23. The molecule has 1 fully saturated rings. The van der Waals surface area contributed by atoms with E-state index in [1.807, 2.05) is 12.1 Å². The molecule has 2 bridgehead atoms. The van der Waals surface area contributed by atoms with Crippen LogP contribution in [0.15, 0.2) is 24.3 Å². The predicted molar refractivity (Wildman–Crippen MR) is 57.4 cm³/mol. The highest BCUT2D eigenvalue weighted by molar-refractivity contribution is 5.36. The fraction of sp³-hybridized carbons (Fsp3) is 0.538. The van der Waals surface area contributed by atoms with Crippen molar-refractivity contribution < 1.29 is 9.84 Å². The van der Waals surface area contributed by atoms with E-state index in [-0.39, 0.29) is 5.60 Å². The Labute approximate surface area is 89.9 Å². The molecule has 0 radical (unpaired) electrons. The van der Waals surface area contributed by atoms with Gasteiger partial charge in [-0.2, -0.15) is 0 Å². The molecule has 1 aromatic rings. The Morgan fingerprint density at radius 1 is 1.27 bits per heavy atom. The molecule has 2 aliphatic rings. The fourth-order valence-corrected chi connectivity index (χ4v) is 3.03. The first kappa shape index (κ1) is 9.37. The van der Waals surface area contributed by atoms with E-state index in [2.05, 4.69) is 19.1 Å². The van der Waals surface area contributed by atoms with E-state index in [1.165, 1.54) is 11.1 Å². The highest BCUT2D eigenvalue weighted by Gasteiger charge is 2.47. The molecule has 3 rings (SSSR count). The molecule has 1 N–H and O–H groups in total. The normalized spacial score (nSPS) is 38.5. The van der Waals surface area contributed by atoms with E-state index in [9.17, 15) is 5.11 Å². The van der Waals surface area contributed by atoms with Crippen molar-refractivity contribution in [2.24, 2.45) is 0 Å². The average molecular weight is 204 g/mol. The molecule has 1 saturated heterocycles. The minimum Gasteiger partial charge on any atom is -0.365 e. The molecule has 80 valence electrons. The number of hydrogen-bond acceptors (Lipinski definition) is 2. The van der Waals surface area contributed by atoms with Crippen molar-refractivity contribution in [3.05, 3.63) is 35.4 Å². The minimum atomic E-state index is -0.915. The van der Waals surface area contributed by atoms with Crippen LogP contribution in [0, 0.1) is 0 Å². The van der Waals surface area contributed by atoms with Crippen molar-refractivity contribution in [1.82, 2.24) is 0 Å². The monoisotopic (exact) mass is 204 g/mol. The van der Waals surface area contributed by atoms with Gasteiger partial charge >= 0.3 is 0 Å². The maximum absolute atomic E-state index is 10.3. The first-order chi connectivity index (χ1) is 7.11. The average Bonchev–Trinajstić information content (AvgIpc) is 2.16. The summed E-state index contributed by atoms with van der Waals surface area (Å²) in [5.74, 6) is -0.915. The van der Waals surface area contributed by atoms with Gasteiger partial charge in [0.05, 0.1) is 5.60 Å². The summed E-state index contributed by atoms with van der Waals surface area (Å²) >= 11 is 0. The lowest BCUT2D eigenvalue weighted by Crippen LogP contribution is -2.51. The Balaban J connectivity index is 2.16. The van der Waals surface area contributed by atoms with E-state index in [0.717, 1.165) is 19.3 Å². The van der Waals surface area contributed by atoms with Crippen LogP contribution in [0.1, 0.15) is 37.3 Å². The molecule has 0 aromatic heterocycles. The van der Waals surface area contributed by atoms with Crippen LogP contribution in [-0.2, 0) is 16.8 Å². The summed E-state index contributed by atoms with van der Waals surface area (Å²) in [6, 6.07) is 8.31. The highest BCUT2D eigenvalue weighted by Crippen LogP contribution is 2.47. The maximum Gasteiger partial charge on any atom is 0.170 e. The molecule has 0 spiro atoms. The SMILES string of the molecule is CC12CCCC(O)(Cc3ccccc31)O2. The largest absolute Gasteiger partial charge is 0.365 e. The van der Waals surface area contributed by atoms with E-state index >= 15 is 0 Å². The molecule has 2 aliphatic heterocycles. The molecule has 0 amide bonds. The van der Waals surface area contributed by atoms with Gasteiger partial charge < -0.3 is 9.84 Å². The summed E-state index contributed by atoms with van der Waals surface area (Å²) in [7, 11) is 0. The van der Waals surface area contributed by atoms with E-state index in [1.54, 1.807) is 0 Å². The van der Waals surface area contributed by atoms with Crippen molar-refractivity contribution in [1.29, 1.82) is 0 Å². The zero-order valence-corrected chi connectivity index (χ0v) is 8.99. The van der Waals surface area contributed by atoms with Crippen LogP contribution >= 0.6 is 0 Å². The van der Waals surface area contributed by atoms with E-state index in [4.69, 9.17) is 4.74 Å². The lowest BCUT2D eigenvalue weighted by molar-refractivity contribution is -0.299. The van der Waals surface area contributed by atoms with Crippen LogP contribution in [-0.4, -0.2) is 10.9 Å². The van der Waals surface area contributed by atoms with Crippen LogP contribution in [0.5, 0.6) is 0 Å². The van der Waals surface area contributed by atoms with Crippen LogP contribution < -0.4 is 0 Å². The lowest BCUT2D eigenvalue weighted by Gasteiger charge is -2.49. The molecule has 2 unspecified atom stereocenters. The molecule has 2 heteroatoms. The number of rotatable bonds is 0. The molecular weight excluding hydrogens is 188 g/mol. The molecular formula is C13H16O2. The smallest absolute Gasteiger partial charge is 0.170 e. The van der Waals surface area contributed by atoms with Gasteiger partial charge in [-0.05, 0) is 30.9 Å². The molecule has 2 heterocycles. The number of benzene rings is 1. The summed E-state index contributed by atoms with van der Waals surface area (Å²) in [6.07, 6.45) is 3.45. The molecule has 2 nitrogen and oxygen atoms in total. The van der Waals surface area contributed by atoms with Crippen molar-refractivity contribution in [2.45, 2.75) is 44.0 Å². The van der Waals surface area contributed by atoms with Gasteiger partial charge in [0.25, 0.3) is 0 Å². The minimum absolute atomic E-state index is 0.276. The van der Waals surface area contributed by atoms with Crippen LogP contribution in [0.4, 0.5) is 0 Å². The van der Waals surface area contributed by atoms with E-state index < -0.39 is 5.79 Å². The Bertz CT molecular complexity index is 401. The third kappa shape index (κ3) is 1.32. The topological polar surface area (TPSA) is 29.5 Å². The van der Waals surface area contributed by atoms with Crippen LogP contribution in [0.3, 0.4) is 0 Å². The second-order valence-corrected chi connectivity index (χ2v) is 4.97. The standard InChI is InChI=1S/C13H16O2/c1-12-7-4-8-13(14,15-12)9-10-5-2-3-6-11(10)12/h2-3,5-6,14H,4,7-9H2,1H3. The summed E-state index contributed by atoms with van der Waals surface area (Å²) in [6.45, 7) is 2.09. The summed E-state index contributed by atoms with van der Waals surface area (Å²) in [4.78, 5) is 0. The van der Waals surface area contributed by atoms with Gasteiger partial charge in [-0.15, -0.1) is 0 Å². The van der Waals surface area contributed by atoms with Crippen molar-refractivity contribution >= 4 is 0 Å². The van der Waals surface area contributed by atoms with Gasteiger partial charge in [0.1, 0.15) is 0 Å². The highest BCUT2D eigenvalue weighted by atomic mass is 16.6. The van der Waals surface area contributed by atoms with E-state index in [0.29, 0.717) is 6.42 Å².